The Bertz CT molecular complexity index is 1240. The Labute approximate surface area is 176 Å². The largest absolute Gasteiger partial charge is 0.351 e. The zero-order valence-electron chi connectivity index (χ0n) is 16.8. The second kappa shape index (κ2) is 8.23. The normalized spacial score (nSPS) is 13.3. The molecule has 1 aliphatic heterocycles. The molecule has 160 valence electrons. The summed E-state index contributed by atoms with van der Waals surface area (Å²) >= 11 is 0. The number of hydrogen-bond donors (Lipinski definition) is 1. The van der Waals surface area contributed by atoms with Crippen molar-refractivity contribution in [1.29, 1.82) is 0 Å². The molecule has 0 fully saturated rings. The Morgan fingerprint density at radius 1 is 1.19 bits per heavy atom. The van der Waals surface area contributed by atoms with Crippen LogP contribution in [0.3, 0.4) is 0 Å². The van der Waals surface area contributed by atoms with Gasteiger partial charge in [-0.15, -0.1) is 0 Å². The van der Waals surface area contributed by atoms with Gasteiger partial charge in [0, 0.05) is 30.8 Å². The molecule has 3 aromatic rings. The van der Waals surface area contributed by atoms with Gasteiger partial charge in [0.05, 0.1) is 17.9 Å². The van der Waals surface area contributed by atoms with Crippen LogP contribution in [0, 0.1) is 6.92 Å². The molecule has 0 saturated heterocycles. The number of nitrogens with zero attached hydrogens (tertiary/aromatic N) is 5. The molecule has 2 aromatic heterocycles. The second-order valence-corrected chi connectivity index (χ2v) is 7.19. The van der Waals surface area contributed by atoms with Gasteiger partial charge in [-0.25, -0.2) is 19.0 Å². The van der Waals surface area contributed by atoms with Gasteiger partial charge in [-0.3, -0.25) is 9.69 Å². The summed E-state index contributed by atoms with van der Waals surface area (Å²) in [5.74, 6) is 0.166. The highest BCUT2D eigenvalue weighted by molar-refractivity contribution is 6.03. The number of carbonyl (C=O) groups excluding carboxylic acids is 1. The molecule has 0 aliphatic carbocycles. The minimum absolute atomic E-state index is 0.0573. The van der Waals surface area contributed by atoms with Crippen LogP contribution in [0.5, 0.6) is 0 Å². The molecule has 4 rings (SSSR count). The van der Waals surface area contributed by atoms with Gasteiger partial charge in [-0.05, 0) is 30.5 Å². The van der Waals surface area contributed by atoms with Crippen LogP contribution >= 0.6 is 0 Å². The number of anilines is 2. The van der Waals surface area contributed by atoms with Crippen molar-refractivity contribution in [3.63, 3.8) is 0 Å². The number of halogens is 2. The predicted molar refractivity (Wildman–Crippen MR) is 111 cm³/mol. The van der Waals surface area contributed by atoms with E-state index in [1.165, 1.54) is 12.5 Å². The summed E-state index contributed by atoms with van der Waals surface area (Å²) in [7, 11) is 0. The Kier molecular flexibility index (Phi) is 5.47. The van der Waals surface area contributed by atoms with Gasteiger partial charge < -0.3 is 5.73 Å². The van der Waals surface area contributed by atoms with Crippen LogP contribution in [-0.4, -0.2) is 31.8 Å². The smallest absolute Gasteiger partial charge is 0.327 e. The zero-order valence-corrected chi connectivity index (χ0v) is 16.8. The van der Waals surface area contributed by atoms with Gasteiger partial charge in [0.2, 0.25) is 5.91 Å². The predicted octanol–water partition coefficient (Wildman–Crippen LogP) is 2.46. The average molecular weight is 426 g/mol. The molecule has 3 heterocycles. The maximum absolute atomic E-state index is 12.9. The molecule has 0 bridgehead atoms. The third kappa shape index (κ3) is 3.77. The first-order valence-electron chi connectivity index (χ1n) is 9.66. The number of rotatable bonds is 5. The number of carbonyl (C=O) groups is 1. The van der Waals surface area contributed by atoms with Crippen LogP contribution < -0.4 is 16.3 Å². The summed E-state index contributed by atoms with van der Waals surface area (Å²) in [6, 6.07) is 9.17. The van der Waals surface area contributed by atoms with Gasteiger partial charge in [0.15, 0.2) is 0 Å². The Balaban J connectivity index is 1.74. The van der Waals surface area contributed by atoms with E-state index in [1.807, 2.05) is 25.1 Å². The standard InChI is InChI=1S/C21H20F2N6O2/c1-13-3-2-4-14-5-6-18(30)29(19(13)14)16-7-8-25-17(9-16)27-12-26-28(21(27)31)11-15(10-24)20(22)23/h2-4,7-9,12H,5-6,10-11,24H2,1H3. The first-order chi connectivity index (χ1) is 14.9. The van der Waals surface area contributed by atoms with Gasteiger partial charge in [-0.2, -0.15) is 13.9 Å². The topological polar surface area (TPSA) is 99.0 Å². The maximum Gasteiger partial charge on any atom is 0.351 e. The van der Waals surface area contributed by atoms with Gasteiger partial charge in [0.1, 0.15) is 12.1 Å². The van der Waals surface area contributed by atoms with E-state index in [-0.39, 0.29) is 23.8 Å². The van der Waals surface area contributed by atoms with E-state index in [9.17, 15) is 18.4 Å². The molecule has 0 spiro atoms. The van der Waals surface area contributed by atoms with Crippen molar-refractivity contribution in [2.45, 2.75) is 26.3 Å². The van der Waals surface area contributed by atoms with Gasteiger partial charge >= 0.3 is 5.69 Å². The van der Waals surface area contributed by atoms with E-state index in [1.54, 1.807) is 17.0 Å². The third-order valence-corrected chi connectivity index (χ3v) is 5.22. The summed E-state index contributed by atoms with van der Waals surface area (Å²) in [5.41, 5.74) is 7.72. The molecular weight excluding hydrogens is 406 g/mol. The molecule has 1 amide bonds. The molecule has 2 N–H and O–H groups in total. The van der Waals surface area contributed by atoms with Crippen molar-refractivity contribution in [2.24, 2.45) is 5.73 Å². The van der Waals surface area contributed by atoms with E-state index < -0.39 is 18.3 Å². The molecule has 1 aliphatic rings. The fourth-order valence-corrected chi connectivity index (χ4v) is 3.66. The van der Waals surface area contributed by atoms with Crippen molar-refractivity contribution >= 4 is 17.3 Å². The van der Waals surface area contributed by atoms with Crippen LogP contribution in [-0.2, 0) is 17.8 Å². The summed E-state index contributed by atoms with van der Waals surface area (Å²) in [4.78, 5) is 31.3. The van der Waals surface area contributed by atoms with E-state index in [0.29, 0.717) is 18.5 Å². The third-order valence-electron chi connectivity index (χ3n) is 5.22. The van der Waals surface area contributed by atoms with Crippen molar-refractivity contribution in [3.05, 3.63) is 76.1 Å². The molecule has 1 aromatic carbocycles. The van der Waals surface area contributed by atoms with Crippen LogP contribution in [0.25, 0.3) is 5.82 Å². The van der Waals surface area contributed by atoms with Crippen LogP contribution in [0.15, 0.2) is 59.3 Å². The lowest BCUT2D eigenvalue weighted by Gasteiger charge is -2.31. The quantitative estimate of drug-likeness (QED) is 0.676. The van der Waals surface area contributed by atoms with E-state index >= 15 is 0 Å². The van der Waals surface area contributed by atoms with E-state index in [4.69, 9.17) is 5.73 Å². The molecule has 31 heavy (non-hydrogen) atoms. The molecular formula is C21H20F2N6O2. The first kappa shape index (κ1) is 20.6. The SMILES string of the molecule is Cc1cccc2c1N(c1ccnc(-n3cnn(CC(CN)=C(F)F)c3=O)c1)C(=O)CC2. The van der Waals surface area contributed by atoms with Gasteiger partial charge in [0.25, 0.3) is 6.08 Å². The Hall–Kier alpha value is -3.66. The zero-order chi connectivity index (χ0) is 22.1. The highest BCUT2D eigenvalue weighted by atomic mass is 19.3. The summed E-state index contributed by atoms with van der Waals surface area (Å²) in [5, 5.41) is 3.89. The second-order valence-electron chi connectivity index (χ2n) is 7.19. The van der Waals surface area contributed by atoms with Crippen molar-refractivity contribution < 1.29 is 13.6 Å². The fourth-order valence-electron chi connectivity index (χ4n) is 3.66. The van der Waals surface area contributed by atoms with Crippen LogP contribution in [0.4, 0.5) is 20.2 Å². The highest BCUT2D eigenvalue weighted by Gasteiger charge is 2.27. The number of pyridine rings is 1. The number of aromatic nitrogens is 4. The number of amides is 1. The average Bonchev–Trinajstić information content (AvgIpc) is 3.12. The molecule has 10 heteroatoms. The van der Waals surface area contributed by atoms with Crippen LogP contribution in [0.2, 0.25) is 0 Å². The summed E-state index contributed by atoms with van der Waals surface area (Å²) in [6.07, 6.45) is 1.80. The van der Waals surface area contributed by atoms with Gasteiger partial charge in [-0.1, -0.05) is 18.2 Å². The van der Waals surface area contributed by atoms with Crippen molar-refractivity contribution in [1.82, 2.24) is 19.3 Å². The molecule has 0 unspecified atom stereocenters. The molecule has 8 nitrogen and oxygen atoms in total. The number of fused-ring (bicyclic) bond motifs is 1. The maximum atomic E-state index is 12.9. The Morgan fingerprint density at radius 2 is 2.00 bits per heavy atom. The number of nitrogens with two attached hydrogens (primary N) is 1. The Morgan fingerprint density at radius 3 is 2.74 bits per heavy atom. The summed E-state index contributed by atoms with van der Waals surface area (Å²) < 4.78 is 27.8. The lowest BCUT2D eigenvalue weighted by atomic mass is 9.97. The first-order valence-corrected chi connectivity index (χ1v) is 9.66. The van der Waals surface area contributed by atoms with Crippen LogP contribution in [0.1, 0.15) is 17.5 Å². The van der Waals surface area contributed by atoms with E-state index in [0.717, 1.165) is 26.1 Å². The van der Waals surface area contributed by atoms with Crippen molar-refractivity contribution in [2.75, 3.05) is 11.4 Å². The molecule has 0 saturated carbocycles. The molecule has 0 radical (unpaired) electrons. The van der Waals surface area contributed by atoms with Crippen molar-refractivity contribution in [3.8, 4) is 5.82 Å². The monoisotopic (exact) mass is 426 g/mol. The summed E-state index contributed by atoms with van der Waals surface area (Å²) in [6.45, 7) is 1.14. The lowest BCUT2D eigenvalue weighted by Crippen LogP contribution is -2.32. The highest BCUT2D eigenvalue weighted by Crippen LogP contribution is 2.36. The van der Waals surface area contributed by atoms with E-state index in [2.05, 4.69) is 10.1 Å². The number of hydrogen-bond acceptors (Lipinski definition) is 5. The fraction of sp³-hybridized carbons (Fsp3) is 0.238. The number of para-hydroxylation sites is 1. The number of aryl methyl sites for hydroxylation is 2. The molecule has 0 atom stereocenters. The minimum Gasteiger partial charge on any atom is -0.327 e. The minimum atomic E-state index is -1.93. The lowest BCUT2D eigenvalue weighted by molar-refractivity contribution is -0.118. The number of benzene rings is 1.